The van der Waals surface area contributed by atoms with E-state index in [1.54, 1.807) is 6.92 Å². The van der Waals surface area contributed by atoms with Crippen LogP contribution in [0.2, 0.25) is 0 Å². The number of cyclic esters (lactones) is 1. The largest absolute Gasteiger partial charge is 0.458 e. The molecule has 3 aliphatic heterocycles. The maximum atomic E-state index is 14.2. The number of ether oxygens (including phenoxy) is 5. The summed E-state index contributed by atoms with van der Waals surface area (Å²) in [6.07, 6.45) is 3.16. The first-order valence-electron chi connectivity index (χ1n) is 14.3. The molecule has 4 aliphatic carbocycles. The normalized spacial score (nSPS) is 53.2. The summed E-state index contributed by atoms with van der Waals surface area (Å²) in [6, 6.07) is 0. The maximum Gasteiger partial charge on any atom is 0.331 e. The quantitative estimate of drug-likeness (QED) is 0.337. The van der Waals surface area contributed by atoms with Gasteiger partial charge >= 0.3 is 5.97 Å². The number of methoxy groups -OCH3 is 1. The Balaban J connectivity index is 1.24. The summed E-state index contributed by atoms with van der Waals surface area (Å²) in [4.78, 5) is 26.1. The van der Waals surface area contributed by atoms with Gasteiger partial charge in [-0.05, 0) is 51.0 Å². The van der Waals surface area contributed by atoms with E-state index in [2.05, 4.69) is 0 Å². The van der Waals surface area contributed by atoms with E-state index in [9.17, 15) is 24.9 Å². The first-order chi connectivity index (χ1) is 18.9. The van der Waals surface area contributed by atoms with Crippen molar-refractivity contribution in [3.63, 3.8) is 0 Å². The number of Topliss-reactive ketones (excluding diaryl/α,β-unsaturated/α-hetero) is 1. The molecule has 10 nitrogen and oxygen atoms in total. The predicted octanol–water partition coefficient (Wildman–Crippen LogP) is 1.47. The Bertz CT molecular complexity index is 1250. The molecule has 0 bridgehead atoms. The van der Waals surface area contributed by atoms with Gasteiger partial charge in [0.05, 0.1) is 23.2 Å². The first kappa shape index (κ1) is 26.9. The first-order valence-corrected chi connectivity index (χ1v) is 14.3. The van der Waals surface area contributed by atoms with Crippen LogP contribution in [0.25, 0.3) is 0 Å². The van der Waals surface area contributed by atoms with E-state index in [0.29, 0.717) is 36.8 Å². The number of carbonyl (C=O) groups is 2. The van der Waals surface area contributed by atoms with Crippen LogP contribution in [0.1, 0.15) is 52.9 Å². The van der Waals surface area contributed by atoms with Crippen molar-refractivity contribution in [3.05, 3.63) is 34.9 Å². The third-order valence-electron chi connectivity index (χ3n) is 11.3. The number of rotatable bonds is 2. The molecule has 0 aromatic rings. The van der Waals surface area contributed by atoms with Crippen LogP contribution in [-0.2, 0) is 33.3 Å². The third kappa shape index (κ3) is 3.24. The van der Waals surface area contributed by atoms with E-state index in [1.165, 1.54) is 13.2 Å². The van der Waals surface area contributed by atoms with Crippen molar-refractivity contribution >= 4 is 11.8 Å². The van der Waals surface area contributed by atoms with E-state index in [-0.39, 0.29) is 24.9 Å². The molecular formula is C30H38O10. The van der Waals surface area contributed by atoms with E-state index >= 15 is 0 Å². The molecule has 7 aliphatic rings. The van der Waals surface area contributed by atoms with Crippen molar-refractivity contribution in [1.29, 1.82) is 0 Å². The Morgan fingerprint density at radius 1 is 1.15 bits per heavy atom. The van der Waals surface area contributed by atoms with E-state index in [0.717, 1.165) is 5.57 Å². The van der Waals surface area contributed by atoms with Crippen LogP contribution in [-0.4, -0.2) is 89.0 Å². The topological polar surface area (TPSA) is 141 Å². The molecule has 7 rings (SSSR count). The summed E-state index contributed by atoms with van der Waals surface area (Å²) in [7, 11) is 1.52. The Hall–Kier alpha value is -1.92. The highest BCUT2D eigenvalue weighted by atomic mass is 16.8. The molecule has 2 saturated carbocycles. The smallest absolute Gasteiger partial charge is 0.331 e. The molecule has 0 unspecified atom stereocenters. The van der Waals surface area contributed by atoms with Crippen LogP contribution >= 0.6 is 0 Å². The lowest BCUT2D eigenvalue weighted by atomic mass is 9.43. The van der Waals surface area contributed by atoms with Crippen LogP contribution < -0.4 is 0 Å². The molecule has 0 radical (unpaired) electrons. The molecule has 0 spiro atoms. The van der Waals surface area contributed by atoms with Crippen LogP contribution in [0.4, 0.5) is 0 Å². The van der Waals surface area contributed by atoms with Gasteiger partial charge in [-0.1, -0.05) is 24.6 Å². The highest BCUT2D eigenvalue weighted by molar-refractivity contribution is 5.92. The molecule has 12 atom stereocenters. The number of carbonyl (C=O) groups excluding carboxylic acids is 2. The van der Waals surface area contributed by atoms with Gasteiger partial charge in [-0.2, -0.15) is 0 Å². The molecule has 10 heteroatoms. The highest BCUT2D eigenvalue weighted by Crippen LogP contribution is 2.67. The van der Waals surface area contributed by atoms with Gasteiger partial charge in [0.15, 0.2) is 5.78 Å². The lowest BCUT2D eigenvalue weighted by Gasteiger charge is -2.63. The summed E-state index contributed by atoms with van der Waals surface area (Å²) in [5, 5.41) is 35.6. The summed E-state index contributed by atoms with van der Waals surface area (Å²) in [6.45, 7) is 5.70. The van der Waals surface area contributed by atoms with Crippen molar-refractivity contribution in [2.45, 2.75) is 101 Å². The fourth-order valence-corrected chi connectivity index (χ4v) is 9.22. The van der Waals surface area contributed by atoms with Crippen molar-refractivity contribution in [2.24, 2.45) is 22.7 Å². The Labute approximate surface area is 232 Å². The number of hydrogen-bond donors (Lipinski definition) is 3. The zero-order valence-corrected chi connectivity index (χ0v) is 23.3. The molecule has 4 fully saturated rings. The fourth-order valence-electron chi connectivity index (χ4n) is 9.22. The van der Waals surface area contributed by atoms with Crippen LogP contribution in [0.5, 0.6) is 0 Å². The van der Waals surface area contributed by atoms with Gasteiger partial charge in [0.2, 0.25) is 12.1 Å². The lowest BCUT2D eigenvalue weighted by molar-refractivity contribution is -0.450. The van der Waals surface area contributed by atoms with Gasteiger partial charge in [-0.3, -0.25) is 4.79 Å². The van der Waals surface area contributed by atoms with Crippen molar-refractivity contribution in [3.8, 4) is 0 Å². The number of allylic oxidation sites excluding steroid dienone is 1. The lowest BCUT2D eigenvalue weighted by Crippen LogP contribution is -2.71. The van der Waals surface area contributed by atoms with Gasteiger partial charge in [0, 0.05) is 36.5 Å². The molecule has 218 valence electrons. The summed E-state index contributed by atoms with van der Waals surface area (Å²) < 4.78 is 29.2. The Morgan fingerprint density at radius 2 is 1.93 bits per heavy atom. The van der Waals surface area contributed by atoms with Gasteiger partial charge in [0.1, 0.15) is 24.9 Å². The number of aliphatic hydroxyl groups excluding tert-OH is 1. The molecule has 40 heavy (non-hydrogen) atoms. The van der Waals surface area contributed by atoms with Crippen molar-refractivity contribution in [1.82, 2.24) is 0 Å². The predicted molar refractivity (Wildman–Crippen MR) is 137 cm³/mol. The van der Waals surface area contributed by atoms with Crippen molar-refractivity contribution < 1.29 is 48.6 Å². The van der Waals surface area contributed by atoms with Gasteiger partial charge in [-0.15, -0.1) is 0 Å². The fraction of sp³-hybridized carbons (Fsp3) is 0.733. The van der Waals surface area contributed by atoms with Crippen LogP contribution in [0, 0.1) is 22.7 Å². The third-order valence-corrected chi connectivity index (χ3v) is 11.3. The molecular weight excluding hydrogens is 520 g/mol. The Morgan fingerprint density at radius 3 is 2.62 bits per heavy atom. The van der Waals surface area contributed by atoms with Gasteiger partial charge < -0.3 is 39.0 Å². The number of hydrogen-bond acceptors (Lipinski definition) is 10. The number of fused-ring (bicyclic) bond motifs is 7. The minimum Gasteiger partial charge on any atom is -0.458 e. The van der Waals surface area contributed by atoms with E-state index in [1.807, 2.05) is 26.0 Å². The summed E-state index contributed by atoms with van der Waals surface area (Å²) >= 11 is 0. The Kier molecular flexibility index (Phi) is 5.77. The van der Waals surface area contributed by atoms with Gasteiger partial charge in [-0.25, -0.2) is 4.79 Å². The zero-order valence-electron chi connectivity index (χ0n) is 23.3. The zero-order chi connectivity index (χ0) is 28.4. The highest BCUT2D eigenvalue weighted by Gasteiger charge is 2.72. The maximum absolute atomic E-state index is 14.2. The average Bonchev–Trinajstić information content (AvgIpc) is 3.45. The standard InChI is InChI=1S/C30H38O10/c1-14-9-21(36-4)30(35)26(38-14)39-19-11-16-5-6-18-23(27(16,2)12-20(19)40-30)24(32)25(33)28(3)17(7-8-29(18,28)34)15-10-22(31)37-13-15/h7,10-11,14,18-21,23,25-26,33-35H,5-6,8-9,12-13H2,1-4H3/t14-,18-,19-,20-,21-,23-,25-,26+,27+,28+,29+,30+/m1/s1. The molecule has 0 amide bonds. The minimum atomic E-state index is -1.80. The number of ketones is 1. The molecule has 2 saturated heterocycles. The van der Waals surface area contributed by atoms with Crippen LogP contribution in [0.15, 0.2) is 34.9 Å². The van der Waals surface area contributed by atoms with E-state index in [4.69, 9.17) is 23.7 Å². The SMILES string of the molecule is CO[C@@H]1C[C@@H](C)O[C@H]2O[C@@H]3C=C4CC[C@@H]5[C@H](C(=O)[C@@H](O)[C@]6(C)C(C7=CC(=O)OC7)=CC[C@]56O)[C@@]4(C)C[C@H]3O[C@]21O. The molecule has 3 heterocycles. The molecule has 0 aromatic heterocycles. The second-order valence-corrected chi connectivity index (χ2v) is 13.2. The second-order valence-electron chi connectivity index (χ2n) is 13.2. The number of aliphatic hydroxyl groups is 3. The summed E-state index contributed by atoms with van der Waals surface area (Å²) in [5.41, 5.74) is -1.14. The van der Waals surface area contributed by atoms with Crippen molar-refractivity contribution in [2.75, 3.05) is 13.7 Å². The monoisotopic (exact) mass is 558 g/mol. The minimum absolute atomic E-state index is 0.0607. The second kappa shape index (κ2) is 8.56. The van der Waals surface area contributed by atoms with Crippen LogP contribution in [0.3, 0.4) is 0 Å². The van der Waals surface area contributed by atoms with E-state index < -0.39 is 70.7 Å². The molecule has 3 N–H and O–H groups in total. The average molecular weight is 559 g/mol. The van der Waals surface area contributed by atoms with Gasteiger partial charge in [0.25, 0.3) is 0 Å². The number of esters is 1. The molecule has 0 aromatic carbocycles. The summed E-state index contributed by atoms with van der Waals surface area (Å²) in [5.74, 6) is -3.68.